The van der Waals surface area contributed by atoms with Crippen molar-refractivity contribution in [2.45, 2.75) is 31.1 Å². The number of nitrogens with two attached hydrogens (primary N) is 1. The fraction of sp³-hybridized carbons (Fsp3) is 0.368. The number of nitrogen functional groups attached to an aromatic ring is 1. The van der Waals surface area contributed by atoms with E-state index in [2.05, 4.69) is 20.2 Å². The van der Waals surface area contributed by atoms with Gasteiger partial charge in [-0.1, -0.05) is 0 Å². The smallest absolute Gasteiger partial charge is 0.278 e. The van der Waals surface area contributed by atoms with E-state index in [4.69, 9.17) is 5.73 Å². The van der Waals surface area contributed by atoms with Gasteiger partial charge in [-0.3, -0.25) is 9.59 Å². The standard InChI is InChI=1S/C19H24N6O4S/c1-13(26)24-30(28,29)16-6-4-14(5-7-16)23-19(27)17-18(20)21-12-15(22-17)8-11-25-9-2-3-10-25/h4-7,12H,2-3,8-11H2,1H3,(H2,20,21)(H,23,27)(H,24,26). The van der Waals surface area contributed by atoms with Crippen LogP contribution in [0.1, 0.15) is 35.9 Å². The second-order valence-electron chi connectivity index (χ2n) is 7.03. The minimum absolute atomic E-state index is 0.0160. The van der Waals surface area contributed by atoms with Crippen LogP contribution in [0.15, 0.2) is 35.4 Å². The molecule has 1 aromatic carbocycles. The number of rotatable bonds is 7. The number of hydrogen-bond acceptors (Lipinski definition) is 8. The molecule has 0 unspecified atom stereocenters. The Morgan fingerprint density at radius 1 is 1.17 bits per heavy atom. The molecule has 4 N–H and O–H groups in total. The highest BCUT2D eigenvalue weighted by molar-refractivity contribution is 7.90. The van der Waals surface area contributed by atoms with Crippen LogP contribution in [0.25, 0.3) is 0 Å². The number of nitrogens with zero attached hydrogens (tertiary/aromatic N) is 3. The lowest BCUT2D eigenvalue weighted by Gasteiger charge is -2.14. The molecule has 0 aliphatic carbocycles. The minimum Gasteiger partial charge on any atom is -0.382 e. The fourth-order valence-corrected chi connectivity index (χ4v) is 4.15. The van der Waals surface area contributed by atoms with E-state index in [-0.39, 0.29) is 16.4 Å². The third-order valence-corrected chi connectivity index (χ3v) is 6.10. The molecular weight excluding hydrogens is 408 g/mol. The second-order valence-corrected chi connectivity index (χ2v) is 8.72. The van der Waals surface area contributed by atoms with Gasteiger partial charge in [0.1, 0.15) is 0 Å². The highest BCUT2D eigenvalue weighted by Crippen LogP contribution is 2.16. The van der Waals surface area contributed by atoms with Gasteiger partial charge in [0.25, 0.3) is 15.9 Å². The van der Waals surface area contributed by atoms with Crippen molar-refractivity contribution in [2.75, 3.05) is 30.7 Å². The van der Waals surface area contributed by atoms with Crippen molar-refractivity contribution in [3.63, 3.8) is 0 Å². The average molecular weight is 433 g/mol. The summed E-state index contributed by atoms with van der Waals surface area (Å²) in [6.45, 7) is 4.10. The van der Waals surface area contributed by atoms with E-state index in [0.29, 0.717) is 17.8 Å². The molecule has 160 valence electrons. The summed E-state index contributed by atoms with van der Waals surface area (Å²) in [4.78, 5) is 34.3. The van der Waals surface area contributed by atoms with Crippen LogP contribution in [0.3, 0.4) is 0 Å². The zero-order chi connectivity index (χ0) is 21.7. The third kappa shape index (κ3) is 5.51. The Labute approximate surface area is 174 Å². The molecule has 1 saturated heterocycles. The maximum absolute atomic E-state index is 12.6. The molecule has 1 aliphatic rings. The van der Waals surface area contributed by atoms with Gasteiger partial charge >= 0.3 is 0 Å². The predicted octanol–water partition coefficient (Wildman–Crippen LogP) is 0.774. The highest BCUT2D eigenvalue weighted by Gasteiger charge is 2.18. The molecule has 2 heterocycles. The van der Waals surface area contributed by atoms with Gasteiger partial charge in [0.05, 0.1) is 16.8 Å². The van der Waals surface area contributed by atoms with Gasteiger partial charge in [-0.05, 0) is 50.2 Å². The fourth-order valence-electron chi connectivity index (χ4n) is 3.16. The minimum atomic E-state index is -3.94. The van der Waals surface area contributed by atoms with E-state index in [0.717, 1.165) is 26.6 Å². The van der Waals surface area contributed by atoms with Crippen molar-refractivity contribution in [3.8, 4) is 0 Å². The van der Waals surface area contributed by atoms with Crippen molar-refractivity contribution < 1.29 is 18.0 Å². The highest BCUT2D eigenvalue weighted by atomic mass is 32.2. The first-order valence-electron chi connectivity index (χ1n) is 9.53. The Morgan fingerprint density at radius 3 is 2.47 bits per heavy atom. The summed E-state index contributed by atoms with van der Waals surface area (Å²) >= 11 is 0. The van der Waals surface area contributed by atoms with Crippen LogP contribution in [0.2, 0.25) is 0 Å². The van der Waals surface area contributed by atoms with Crippen molar-refractivity contribution in [3.05, 3.63) is 41.9 Å². The summed E-state index contributed by atoms with van der Waals surface area (Å²) < 4.78 is 25.8. The van der Waals surface area contributed by atoms with Crippen LogP contribution in [0.4, 0.5) is 11.5 Å². The number of carbonyl (C=O) groups is 2. The molecule has 1 fully saturated rings. The summed E-state index contributed by atoms with van der Waals surface area (Å²) in [5, 5.41) is 2.63. The normalized spacial score (nSPS) is 14.4. The number of sulfonamides is 1. The van der Waals surface area contributed by atoms with Crippen molar-refractivity contribution in [2.24, 2.45) is 0 Å². The van der Waals surface area contributed by atoms with E-state index < -0.39 is 21.8 Å². The van der Waals surface area contributed by atoms with Gasteiger partial charge in [0, 0.05) is 25.6 Å². The molecule has 0 radical (unpaired) electrons. The maximum Gasteiger partial charge on any atom is 0.278 e. The van der Waals surface area contributed by atoms with Gasteiger partial charge < -0.3 is 16.0 Å². The van der Waals surface area contributed by atoms with Gasteiger partial charge in [0.15, 0.2) is 11.5 Å². The zero-order valence-corrected chi connectivity index (χ0v) is 17.4. The number of benzene rings is 1. The largest absolute Gasteiger partial charge is 0.382 e. The Hall–Kier alpha value is -3.05. The van der Waals surface area contributed by atoms with Crippen LogP contribution < -0.4 is 15.8 Å². The zero-order valence-electron chi connectivity index (χ0n) is 16.6. The van der Waals surface area contributed by atoms with Gasteiger partial charge in [-0.15, -0.1) is 0 Å². The average Bonchev–Trinajstić information content (AvgIpc) is 3.20. The van der Waals surface area contributed by atoms with Gasteiger partial charge in [-0.25, -0.2) is 23.1 Å². The van der Waals surface area contributed by atoms with Crippen LogP contribution in [0, 0.1) is 0 Å². The number of likely N-dealkylation sites (tertiary alicyclic amines) is 1. The molecular formula is C19H24N6O4S. The number of hydrogen-bond donors (Lipinski definition) is 3. The lowest BCUT2D eigenvalue weighted by Crippen LogP contribution is -2.28. The Bertz CT molecular complexity index is 1030. The molecule has 2 aromatic rings. The molecule has 2 amide bonds. The van der Waals surface area contributed by atoms with Crippen LogP contribution in [-0.4, -0.2) is 54.7 Å². The molecule has 0 spiro atoms. The summed E-state index contributed by atoms with van der Waals surface area (Å²) in [5.41, 5.74) is 6.87. The summed E-state index contributed by atoms with van der Waals surface area (Å²) in [5.74, 6) is -1.21. The van der Waals surface area contributed by atoms with Crippen molar-refractivity contribution >= 4 is 33.3 Å². The SMILES string of the molecule is CC(=O)NS(=O)(=O)c1ccc(NC(=O)c2nc(CCN3CCCC3)cnc2N)cc1. The maximum atomic E-state index is 12.6. The number of anilines is 2. The summed E-state index contributed by atoms with van der Waals surface area (Å²) in [6, 6.07) is 5.38. The molecule has 0 saturated carbocycles. The van der Waals surface area contributed by atoms with Crippen molar-refractivity contribution in [1.29, 1.82) is 0 Å². The summed E-state index contributed by atoms with van der Waals surface area (Å²) in [7, 11) is -3.94. The molecule has 0 bridgehead atoms. The Morgan fingerprint density at radius 2 is 1.83 bits per heavy atom. The summed E-state index contributed by atoms with van der Waals surface area (Å²) in [6.07, 6.45) is 4.64. The quantitative estimate of drug-likeness (QED) is 0.581. The lowest BCUT2D eigenvalue weighted by atomic mass is 10.2. The number of carbonyl (C=O) groups excluding carboxylic acids is 2. The van der Waals surface area contributed by atoms with Gasteiger partial charge in [0.2, 0.25) is 5.91 Å². The van der Waals surface area contributed by atoms with Gasteiger partial charge in [-0.2, -0.15) is 0 Å². The van der Waals surface area contributed by atoms with Crippen LogP contribution >= 0.6 is 0 Å². The van der Waals surface area contributed by atoms with Crippen LogP contribution in [-0.2, 0) is 21.2 Å². The molecule has 30 heavy (non-hydrogen) atoms. The molecule has 11 heteroatoms. The third-order valence-electron chi connectivity index (χ3n) is 4.65. The predicted molar refractivity (Wildman–Crippen MR) is 111 cm³/mol. The first kappa shape index (κ1) is 21.7. The first-order chi connectivity index (χ1) is 14.2. The molecule has 0 atom stereocenters. The van der Waals surface area contributed by atoms with Crippen LogP contribution in [0.5, 0.6) is 0 Å². The van der Waals surface area contributed by atoms with E-state index in [1.165, 1.54) is 37.1 Å². The molecule has 10 nitrogen and oxygen atoms in total. The molecule has 1 aliphatic heterocycles. The Kier molecular flexibility index (Phi) is 6.63. The first-order valence-corrected chi connectivity index (χ1v) is 11.0. The number of amides is 2. The number of aromatic nitrogens is 2. The van der Waals surface area contributed by atoms with Crippen molar-refractivity contribution in [1.82, 2.24) is 19.6 Å². The molecule has 3 rings (SSSR count). The lowest BCUT2D eigenvalue weighted by molar-refractivity contribution is -0.117. The van der Waals surface area contributed by atoms with E-state index in [9.17, 15) is 18.0 Å². The van der Waals surface area contributed by atoms with E-state index >= 15 is 0 Å². The second kappa shape index (κ2) is 9.18. The van der Waals surface area contributed by atoms with E-state index in [1.54, 1.807) is 6.20 Å². The Balaban J connectivity index is 1.67. The monoisotopic (exact) mass is 432 g/mol. The topological polar surface area (TPSA) is 147 Å². The molecule has 1 aromatic heterocycles. The van der Waals surface area contributed by atoms with E-state index in [1.807, 2.05) is 4.72 Å². The number of nitrogens with one attached hydrogen (secondary N) is 2.